The van der Waals surface area contributed by atoms with Crippen LogP contribution in [0.4, 0.5) is 0 Å². The number of rotatable bonds is 4. The molecule has 5 heteroatoms. The number of hydrogen-bond donors (Lipinski definition) is 0. The molecule has 3 heterocycles. The highest BCUT2D eigenvalue weighted by atomic mass is 16.5. The zero-order valence-electron chi connectivity index (χ0n) is 15.2. The van der Waals surface area contributed by atoms with E-state index >= 15 is 0 Å². The summed E-state index contributed by atoms with van der Waals surface area (Å²) in [6.45, 7) is 4.00. The Kier molecular flexibility index (Phi) is 5.34. The van der Waals surface area contributed by atoms with E-state index in [1.54, 1.807) is 0 Å². The first-order chi connectivity index (χ1) is 12.8. The minimum Gasteiger partial charge on any atom is -0.381 e. The van der Waals surface area contributed by atoms with Crippen LogP contribution in [0.5, 0.6) is 0 Å². The number of nitrogens with zero attached hydrogens (tertiary/aromatic N) is 3. The zero-order chi connectivity index (χ0) is 17.8. The summed E-state index contributed by atoms with van der Waals surface area (Å²) in [7, 11) is 0. The van der Waals surface area contributed by atoms with Gasteiger partial charge in [0.25, 0.3) is 0 Å². The number of hydrogen-bond acceptors (Lipinski definition) is 3. The molecule has 0 radical (unpaired) electrons. The van der Waals surface area contributed by atoms with Gasteiger partial charge in [-0.1, -0.05) is 30.3 Å². The molecule has 26 heavy (non-hydrogen) atoms. The molecule has 4 rings (SSSR count). The van der Waals surface area contributed by atoms with Crippen LogP contribution in [0.3, 0.4) is 0 Å². The van der Waals surface area contributed by atoms with Gasteiger partial charge in [0, 0.05) is 57.1 Å². The van der Waals surface area contributed by atoms with E-state index < -0.39 is 0 Å². The Balaban J connectivity index is 1.36. The van der Waals surface area contributed by atoms with Crippen LogP contribution in [-0.2, 0) is 16.1 Å². The smallest absolute Gasteiger partial charge is 0.225 e. The Morgan fingerprint density at radius 3 is 2.54 bits per heavy atom. The number of ether oxygens (including phenoxy) is 1. The van der Waals surface area contributed by atoms with Crippen molar-refractivity contribution in [2.24, 2.45) is 5.92 Å². The van der Waals surface area contributed by atoms with Gasteiger partial charge in [-0.3, -0.25) is 4.79 Å². The lowest BCUT2D eigenvalue weighted by atomic mass is 9.93. The number of imidazole rings is 1. The number of piperidine rings is 1. The third-order valence-electron chi connectivity index (χ3n) is 5.69. The average Bonchev–Trinajstić information content (AvgIpc) is 3.17. The molecule has 0 aliphatic carbocycles. The second kappa shape index (κ2) is 8.04. The highest BCUT2D eigenvalue weighted by molar-refractivity contribution is 5.79. The maximum atomic E-state index is 12.7. The van der Waals surface area contributed by atoms with Crippen LogP contribution in [0, 0.1) is 5.92 Å². The molecule has 0 bridgehead atoms. The van der Waals surface area contributed by atoms with Gasteiger partial charge in [0.05, 0.1) is 0 Å². The molecule has 0 spiro atoms. The van der Waals surface area contributed by atoms with E-state index in [0.717, 1.165) is 64.4 Å². The molecule has 2 saturated heterocycles. The molecule has 0 N–H and O–H groups in total. The first kappa shape index (κ1) is 17.3. The summed E-state index contributed by atoms with van der Waals surface area (Å²) in [5.41, 5.74) is 1.29. The Bertz CT molecular complexity index is 714. The lowest BCUT2D eigenvalue weighted by Crippen LogP contribution is -2.43. The summed E-state index contributed by atoms with van der Waals surface area (Å²) >= 11 is 0. The molecule has 0 unspecified atom stereocenters. The molecule has 2 aliphatic heterocycles. The van der Waals surface area contributed by atoms with Gasteiger partial charge in [-0.25, -0.2) is 4.98 Å². The van der Waals surface area contributed by atoms with Crippen LogP contribution in [0.15, 0.2) is 42.7 Å². The van der Waals surface area contributed by atoms with Crippen molar-refractivity contribution < 1.29 is 9.53 Å². The fourth-order valence-corrected chi connectivity index (χ4v) is 4.16. The summed E-state index contributed by atoms with van der Waals surface area (Å²) in [6.07, 6.45) is 7.72. The molecular formula is C21H27N3O2. The van der Waals surface area contributed by atoms with Gasteiger partial charge in [0.2, 0.25) is 5.91 Å². The molecule has 2 fully saturated rings. The second-order valence-corrected chi connectivity index (χ2v) is 7.39. The van der Waals surface area contributed by atoms with Crippen molar-refractivity contribution in [3.8, 4) is 0 Å². The van der Waals surface area contributed by atoms with Gasteiger partial charge in [-0.05, 0) is 31.2 Å². The van der Waals surface area contributed by atoms with Gasteiger partial charge < -0.3 is 14.2 Å². The topological polar surface area (TPSA) is 47.4 Å². The highest BCUT2D eigenvalue weighted by Gasteiger charge is 2.31. The third kappa shape index (κ3) is 3.83. The Morgan fingerprint density at radius 2 is 1.81 bits per heavy atom. The van der Waals surface area contributed by atoms with Crippen molar-refractivity contribution in [1.82, 2.24) is 14.5 Å². The van der Waals surface area contributed by atoms with Gasteiger partial charge in [-0.15, -0.1) is 0 Å². The van der Waals surface area contributed by atoms with E-state index in [9.17, 15) is 4.79 Å². The number of aromatic nitrogens is 2. The zero-order valence-corrected chi connectivity index (χ0v) is 15.2. The Hall–Kier alpha value is -2.14. The fraction of sp³-hybridized carbons (Fsp3) is 0.524. The van der Waals surface area contributed by atoms with Gasteiger partial charge in [0.15, 0.2) is 0 Å². The lowest BCUT2D eigenvalue weighted by Gasteiger charge is -2.35. The van der Waals surface area contributed by atoms with E-state index in [1.807, 2.05) is 12.3 Å². The molecule has 0 atom stereocenters. The third-order valence-corrected chi connectivity index (χ3v) is 5.69. The summed E-state index contributed by atoms with van der Waals surface area (Å²) in [5, 5.41) is 0. The van der Waals surface area contributed by atoms with Crippen molar-refractivity contribution >= 4 is 5.91 Å². The summed E-state index contributed by atoms with van der Waals surface area (Å²) < 4.78 is 7.64. The lowest BCUT2D eigenvalue weighted by molar-refractivity contribution is -0.139. The summed E-state index contributed by atoms with van der Waals surface area (Å²) in [6, 6.07) is 10.5. The van der Waals surface area contributed by atoms with E-state index in [0.29, 0.717) is 11.8 Å². The summed E-state index contributed by atoms with van der Waals surface area (Å²) in [4.78, 5) is 19.4. The quantitative estimate of drug-likeness (QED) is 0.849. The van der Waals surface area contributed by atoms with Crippen molar-refractivity contribution in [3.05, 3.63) is 54.1 Å². The van der Waals surface area contributed by atoms with Crippen LogP contribution in [0.1, 0.15) is 43.0 Å². The largest absolute Gasteiger partial charge is 0.381 e. The molecule has 138 valence electrons. The predicted octanol–water partition coefficient (Wildman–Crippen LogP) is 3.06. The van der Waals surface area contributed by atoms with E-state index in [1.165, 1.54) is 5.56 Å². The fourth-order valence-electron chi connectivity index (χ4n) is 4.16. The van der Waals surface area contributed by atoms with Crippen LogP contribution in [0.2, 0.25) is 0 Å². The average molecular weight is 353 g/mol. The molecule has 1 aromatic heterocycles. The molecule has 1 amide bonds. The molecule has 5 nitrogen and oxygen atoms in total. The van der Waals surface area contributed by atoms with Crippen LogP contribution in [0.25, 0.3) is 0 Å². The van der Waals surface area contributed by atoms with Crippen LogP contribution < -0.4 is 0 Å². The maximum absolute atomic E-state index is 12.7. The number of amides is 1. The number of benzene rings is 1. The molecule has 2 aromatic rings. The van der Waals surface area contributed by atoms with Crippen molar-refractivity contribution in [2.75, 3.05) is 26.3 Å². The number of carbonyl (C=O) groups excluding carboxylic acids is 1. The minimum atomic E-state index is 0.167. The monoisotopic (exact) mass is 353 g/mol. The Morgan fingerprint density at radius 1 is 1.08 bits per heavy atom. The normalized spacial score (nSPS) is 19.6. The molecule has 1 aromatic carbocycles. The van der Waals surface area contributed by atoms with E-state index in [4.69, 9.17) is 4.74 Å². The standard InChI is InChI=1S/C21H27N3O2/c25-21(19-8-14-26-15-9-19)23-11-6-18(7-12-23)20-22-10-13-24(20)16-17-4-2-1-3-5-17/h1-5,10,13,18-19H,6-9,11-12,14-16H2. The predicted molar refractivity (Wildman–Crippen MR) is 99.9 cm³/mol. The highest BCUT2D eigenvalue weighted by Crippen LogP contribution is 2.29. The van der Waals surface area contributed by atoms with Crippen molar-refractivity contribution in [2.45, 2.75) is 38.1 Å². The molecule has 0 saturated carbocycles. The van der Waals surface area contributed by atoms with Crippen LogP contribution in [-0.4, -0.2) is 46.7 Å². The number of carbonyl (C=O) groups is 1. The molecular weight excluding hydrogens is 326 g/mol. The van der Waals surface area contributed by atoms with Crippen molar-refractivity contribution in [3.63, 3.8) is 0 Å². The number of likely N-dealkylation sites (tertiary alicyclic amines) is 1. The molecule has 2 aliphatic rings. The minimum absolute atomic E-state index is 0.167. The first-order valence-electron chi connectivity index (χ1n) is 9.73. The Labute approximate surface area is 155 Å². The maximum Gasteiger partial charge on any atom is 0.225 e. The SMILES string of the molecule is O=C(C1CCOCC1)N1CCC(c2nccn2Cc2ccccc2)CC1. The first-order valence-corrected chi connectivity index (χ1v) is 9.73. The van der Waals surface area contributed by atoms with Crippen LogP contribution >= 0.6 is 0 Å². The van der Waals surface area contributed by atoms with E-state index in [-0.39, 0.29) is 5.92 Å². The second-order valence-electron chi connectivity index (χ2n) is 7.39. The van der Waals surface area contributed by atoms with Crippen molar-refractivity contribution in [1.29, 1.82) is 0 Å². The van der Waals surface area contributed by atoms with E-state index in [2.05, 4.69) is 44.9 Å². The van der Waals surface area contributed by atoms with Gasteiger partial charge in [-0.2, -0.15) is 0 Å². The van der Waals surface area contributed by atoms with Gasteiger partial charge in [0.1, 0.15) is 5.82 Å². The van der Waals surface area contributed by atoms with Gasteiger partial charge >= 0.3 is 0 Å². The summed E-state index contributed by atoms with van der Waals surface area (Å²) in [5.74, 6) is 2.10.